The van der Waals surface area contributed by atoms with Crippen LogP contribution in [0, 0.1) is 28.9 Å². The monoisotopic (exact) mass is 454 g/mol. The number of anilines is 3. The summed E-state index contributed by atoms with van der Waals surface area (Å²) in [6.07, 6.45) is 0.888. The molecule has 4 rings (SSSR count). The molecular formula is C22H26N6O5. The van der Waals surface area contributed by atoms with E-state index in [1.165, 1.54) is 18.2 Å². The van der Waals surface area contributed by atoms with Gasteiger partial charge < -0.3 is 15.5 Å². The van der Waals surface area contributed by atoms with Crippen molar-refractivity contribution >= 4 is 35.0 Å². The predicted molar refractivity (Wildman–Crippen MR) is 122 cm³/mol. The Balaban J connectivity index is 1.63. The molecule has 1 fully saturated rings. The highest BCUT2D eigenvalue weighted by atomic mass is 16.6. The van der Waals surface area contributed by atoms with Crippen molar-refractivity contribution < 1.29 is 14.5 Å². The zero-order valence-electron chi connectivity index (χ0n) is 18.7. The van der Waals surface area contributed by atoms with E-state index in [-0.39, 0.29) is 23.5 Å². The quantitative estimate of drug-likeness (QED) is 0.474. The van der Waals surface area contributed by atoms with Crippen LogP contribution in [0.1, 0.15) is 43.7 Å². The molecule has 2 aliphatic heterocycles. The van der Waals surface area contributed by atoms with E-state index >= 15 is 0 Å². The first-order chi connectivity index (χ1) is 15.6. The number of nitrogens with zero attached hydrogens (tertiary/aromatic N) is 3. The number of piperidine rings is 1. The molecule has 3 N–H and O–H groups in total. The summed E-state index contributed by atoms with van der Waals surface area (Å²) in [5.41, 5.74) is 0.404. The number of hydrogen-bond donors (Lipinski definition) is 3. The molecule has 33 heavy (non-hydrogen) atoms. The van der Waals surface area contributed by atoms with E-state index in [0.29, 0.717) is 29.0 Å². The van der Waals surface area contributed by atoms with Gasteiger partial charge in [-0.2, -0.15) is 4.98 Å². The van der Waals surface area contributed by atoms with Crippen molar-refractivity contribution in [2.24, 2.45) is 11.8 Å². The molecular weight excluding hydrogens is 428 g/mol. The fourth-order valence-electron chi connectivity index (χ4n) is 4.69. The molecule has 3 atom stereocenters. The van der Waals surface area contributed by atoms with Crippen molar-refractivity contribution in [3.63, 3.8) is 0 Å². The largest absolute Gasteiger partial charge is 0.342 e. The highest BCUT2D eigenvalue weighted by Crippen LogP contribution is 2.32. The molecule has 2 aromatic rings. The van der Waals surface area contributed by atoms with Gasteiger partial charge in [0.15, 0.2) is 0 Å². The summed E-state index contributed by atoms with van der Waals surface area (Å²) < 4.78 is 0. The van der Waals surface area contributed by atoms with E-state index in [0.717, 1.165) is 19.5 Å². The van der Waals surface area contributed by atoms with E-state index in [4.69, 9.17) is 0 Å². The third kappa shape index (κ3) is 4.57. The maximum absolute atomic E-state index is 13.1. The van der Waals surface area contributed by atoms with Crippen LogP contribution in [0.15, 0.2) is 23.0 Å². The van der Waals surface area contributed by atoms with Gasteiger partial charge in [0.1, 0.15) is 5.82 Å². The second kappa shape index (κ2) is 8.64. The summed E-state index contributed by atoms with van der Waals surface area (Å²) in [5.74, 6) is -0.647. The van der Waals surface area contributed by atoms with Crippen molar-refractivity contribution in [1.29, 1.82) is 0 Å². The number of amides is 2. The average molecular weight is 454 g/mol. The Labute approximate surface area is 189 Å². The first-order valence-corrected chi connectivity index (χ1v) is 10.9. The van der Waals surface area contributed by atoms with E-state index in [9.17, 15) is 24.5 Å². The van der Waals surface area contributed by atoms with Gasteiger partial charge >= 0.3 is 0 Å². The third-order valence-corrected chi connectivity index (χ3v) is 6.10. The normalized spacial score (nSPS) is 22.3. The number of nitro benzene ring substituents is 1. The van der Waals surface area contributed by atoms with Crippen LogP contribution < -0.4 is 21.1 Å². The maximum Gasteiger partial charge on any atom is 0.269 e. The molecule has 11 nitrogen and oxygen atoms in total. The topological polar surface area (TPSA) is 150 Å². The van der Waals surface area contributed by atoms with Gasteiger partial charge in [0.05, 0.1) is 16.4 Å². The van der Waals surface area contributed by atoms with Crippen molar-refractivity contribution in [1.82, 2.24) is 9.97 Å². The molecule has 0 spiro atoms. The van der Waals surface area contributed by atoms with Gasteiger partial charge in [-0.25, -0.2) is 0 Å². The maximum atomic E-state index is 13.1. The van der Waals surface area contributed by atoms with Crippen LogP contribution in [0.25, 0.3) is 0 Å². The lowest BCUT2D eigenvalue weighted by Crippen LogP contribution is -2.42. The molecule has 0 radical (unpaired) electrons. The van der Waals surface area contributed by atoms with E-state index in [1.807, 2.05) is 4.90 Å². The summed E-state index contributed by atoms with van der Waals surface area (Å²) in [6.45, 7) is 7.39. The molecule has 0 bridgehead atoms. The van der Waals surface area contributed by atoms with Gasteiger partial charge in [0.2, 0.25) is 17.8 Å². The van der Waals surface area contributed by atoms with E-state index < -0.39 is 28.2 Å². The van der Waals surface area contributed by atoms with Gasteiger partial charge in [0, 0.05) is 37.3 Å². The lowest BCUT2D eigenvalue weighted by atomic mass is 9.91. The second-order valence-corrected chi connectivity index (χ2v) is 9.05. The highest BCUT2D eigenvalue weighted by molar-refractivity contribution is 6.04. The summed E-state index contributed by atoms with van der Waals surface area (Å²) in [5, 5.41) is 16.3. The number of carbonyl (C=O) groups excluding carboxylic acids is 2. The Morgan fingerprint density at radius 1 is 1.24 bits per heavy atom. The summed E-state index contributed by atoms with van der Waals surface area (Å²) in [4.78, 5) is 58.1. The molecule has 1 aromatic heterocycles. The van der Waals surface area contributed by atoms with Gasteiger partial charge in [-0.3, -0.25) is 29.5 Å². The van der Waals surface area contributed by atoms with Gasteiger partial charge in [-0.05, 0) is 36.8 Å². The zero-order valence-corrected chi connectivity index (χ0v) is 18.7. The number of hydrogen-bond acceptors (Lipinski definition) is 7. The van der Waals surface area contributed by atoms with Gasteiger partial charge in [-0.15, -0.1) is 0 Å². The van der Waals surface area contributed by atoms with Crippen LogP contribution in [-0.4, -0.2) is 39.8 Å². The first kappa shape index (κ1) is 22.4. The molecule has 3 heterocycles. The average Bonchev–Trinajstić information content (AvgIpc) is 2.73. The van der Waals surface area contributed by atoms with Crippen molar-refractivity contribution in [2.45, 2.75) is 39.5 Å². The van der Waals surface area contributed by atoms with Crippen LogP contribution in [-0.2, 0) is 9.59 Å². The molecule has 1 saturated heterocycles. The number of aromatic amines is 1. The smallest absolute Gasteiger partial charge is 0.269 e. The van der Waals surface area contributed by atoms with E-state index in [2.05, 4.69) is 34.4 Å². The number of carbonyl (C=O) groups is 2. The lowest BCUT2D eigenvalue weighted by Gasteiger charge is -2.35. The Kier molecular flexibility index (Phi) is 5.88. The fraction of sp³-hybridized carbons (Fsp3) is 0.455. The van der Waals surface area contributed by atoms with Gasteiger partial charge in [0.25, 0.3) is 11.2 Å². The molecule has 0 aliphatic carbocycles. The number of fused-ring (bicyclic) bond motifs is 1. The van der Waals surface area contributed by atoms with Crippen LogP contribution in [0.3, 0.4) is 0 Å². The third-order valence-electron chi connectivity index (χ3n) is 6.10. The highest BCUT2D eigenvalue weighted by Gasteiger charge is 2.36. The molecule has 0 saturated carbocycles. The Bertz CT molecular complexity index is 1180. The lowest BCUT2D eigenvalue weighted by molar-refractivity contribution is -0.384. The zero-order chi connectivity index (χ0) is 23.9. The minimum atomic E-state index is -1.03. The molecule has 11 heteroatoms. The van der Waals surface area contributed by atoms with Crippen molar-refractivity contribution in [3.8, 4) is 0 Å². The molecule has 2 amide bonds. The molecule has 0 unspecified atom stereocenters. The van der Waals surface area contributed by atoms with Gasteiger partial charge in [-0.1, -0.05) is 13.8 Å². The number of rotatable bonds is 4. The van der Waals surface area contributed by atoms with Crippen LogP contribution in [0.2, 0.25) is 0 Å². The van der Waals surface area contributed by atoms with Crippen LogP contribution in [0.4, 0.5) is 23.1 Å². The van der Waals surface area contributed by atoms with Crippen molar-refractivity contribution in [2.75, 3.05) is 28.6 Å². The Hall–Kier alpha value is -3.76. The number of H-pyrrole nitrogens is 1. The second-order valence-electron chi connectivity index (χ2n) is 9.05. The Morgan fingerprint density at radius 3 is 2.58 bits per heavy atom. The number of non-ortho nitro benzene ring substituents is 1. The number of nitrogens with one attached hydrogen (secondary N) is 3. The Morgan fingerprint density at radius 2 is 1.94 bits per heavy atom. The van der Waals surface area contributed by atoms with Crippen LogP contribution in [0.5, 0.6) is 0 Å². The first-order valence-electron chi connectivity index (χ1n) is 10.9. The SMILES string of the molecule is Cc1cc([N+](=O)[O-])ccc1NC(=O)[C@@H]1CC(=O)Nc2nc(N3C[C@H](C)C[C@H](C)C3)[nH]c(=O)c21. The van der Waals surface area contributed by atoms with Crippen molar-refractivity contribution in [3.05, 3.63) is 49.8 Å². The summed E-state index contributed by atoms with van der Waals surface area (Å²) in [7, 11) is 0. The standard InChI is InChI=1S/C22H26N6O5/c1-11-6-12(2)10-27(9-11)22-25-19-18(21(31)26-22)15(8-17(29)24-19)20(30)23-16-5-4-14(28(32)33)7-13(16)3/h4-5,7,11-12,15H,6,8-10H2,1-3H3,(H,23,30)(H2,24,25,26,29,31)/t11-,12+,15-/m1/s1. The minimum absolute atomic E-state index is 0.0939. The molecule has 174 valence electrons. The summed E-state index contributed by atoms with van der Waals surface area (Å²) >= 11 is 0. The fourth-order valence-corrected chi connectivity index (χ4v) is 4.69. The molecule has 1 aromatic carbocycles. The number of aryl methyl sites for hydroxylation is 1. The number of benzene rings is 1. The summed E-state index contributed by atoms with van der Waals surface area (Å²) in [6, 6.07) is 4.06. The van der Waals surface area contributed by atoms with Crippen LogP contribution >= 0.6 is 0 Å². The number of nitro groups is 1. The van der Waals surface area contributed by atoms with E-state index in [1.54, 1.807) is 6.92 Å². The molecule has 2 aliphatic rings. The minimum Gasteiger partial charge on any atom is -0.342 e. The number of aromatic nitrogens is 2. The predicted octanol–water partition coefficient (Wildman–Crippen LogP) is 2.53.